The third-order valence-corrected chi connectivity index (χ3v) is 5.61. The van der Waals surface area contributed by atoms with Crippen LogP contribution in [0.2, 0.25) is 0 Å². The number of para-hydroxylation sites is 1. The summed E-state index contributed by atoms with van der Waals surface area (Å²) in [7, 11) is 0. The Morgan fingerprint density at radius 3 is 2.89 bits per heavy atom. The molecule has 1 fully saturated rings. The predicted octanol–water partition coefficient (Wildman–Crippen LogP) is 3.75. The van der Waals surface area contributed by atoms with Crippen molar-refractivity contribution in [2.45, 2.75) is 45.1 Å². The normalized spacial score (nSPS) is 17.2. The number of amides is 1. The Hall–Kier alpha value is -2.89. The van der Waals surface area contributed by atoms with E-state index in [0.29, 0.717) is 18.9 Å². The van der Waals surface area contributed by atoms with Crippen LogP contribution in [0, 0.1) is 0 Å². The number of nitrogens with zero attached hydrogens (tertiary/aromatic N) is 3. The molecule has 1 amide bonds. The lowest BCUT2D eigenvalue weighted by molar-refractivity contribution is -0.133. The number of hydrogen-bond acceptors (Lipinski definition) is 3. The van der Waals surface area contributed by atoms with E-state index in [1.165, 1.54) is 0 Å². The monoisotopic (exact) mass is 378 g/mol. The highest BCUT2D eigenvalue weighted by atomic mass is 16.2. The number of carbonyl (C=O) groups excluding carboxylic acids is 2. The molecule has 3 aromatic rings. The van der Waals surface area contributed by atoms with Gasteiger partial charge in [-0.05, 0) is 31.4 Å². The molecular weight excluding hydrogens is 352 g/mol. The van der Waals surface area contributed by atoms with E-state index in [1.807, 2.05) is 52.9 Å². The van der Waals surface area contributed by atoms with Gasteiger partial charge in [-0.15, -0.1) is 0 Å². The van der Waals surface area contributed by atoms with Crippen LogP contribution in [0.3, 0.4) is 0 Å². The van der Waals surface area contributed by atoms with Crippen molar-refractivity contribution in [3.8, 4) is 0 Å². The largest absolute Gasteiger partial charge is 0.340 e. The molecule has 146 valence electrons. The van der Waals surface area contributed by atoms with Gasteiger partial charge in [0.05, 0.1) is 0 Å². The minimum Gasteiger partial charge on any atom is -0.340 e. The summed E-state index contributed by atoms with van der Waals surface area (Å²) in [6.07, 6.45) is 7.02. The van der Waals surface area contributed by atoms with Gasteiger partial charge >= 0.3 is 0 Å². The highest BCUT2D eigenvalue weighted by molar-refractivity contribution is 6.08. The minimum absolute atomic E-state index is 0.0967. The molecule has 4 rings (SSSR count). The summed E-state index contributed by atoms with van der Waals surface area (Å²) in [5.74, 6) is 0.546. The zero-order valence-corrected chi connectivity index (χ0v) is 16.2. The Morgan fingerprint density at radius 1 is 1.25 bits per heavy atom. The molecule has 3 heterocycles. The van der Waals surface area contributed by atoms with Crippen molar-refractivity contribution in [2.75, 3.05) is 13.1 Å². The lowest BCUT2D eigenvalue weighted by Gasteiger charge is -2.32. The zero-order chi connectivity index (χ0) is 19.5. The van der Waals surface area contributed by atoms with E-state index < -0.39 is 0 Å². The molecule has 1 saturated heterocycles. The van der Waals surface area contributed by atoms with Gasteiger partial charge in [-0.2, -0.15) is 5.10 Å². The number of Topliss-reactive ketones (excluding diaryl/α,β-unsaturated/α-hetero) is 1. The van der Waals surface area contributed by atoms with Crippen molar-refractivity contribution in [1.29, 1.82) is 0 Å². The number of aromatic amines is 1. The molecule has 0 bridgehead atoms. The molecule has 0 aliphatic carbocycles. The maximum absolute atomic E-state index is 13.0. The van der Waals surface area contributed by atoms with Crippen LogP contribution in [0.25, 0.3) is 10.9 Å². The summed E-state index contributed by atoms with van der Waals surface area (Å²) in [5.41, 5.74) is 2.76. The van der Waals surface area contributed by atoms with Crippen LogP contribution in [0.15, 0.2) is 42.7 Å². The Bertz CT molecular complexity index is 974. The summed E-state index contributed by atoms with van der Waals surface area (Å²) < 4.78 is 1.93. The standard InChI is InChI=1S/C22H26N4O2/c1-2-6-21(27)18-14-26(20-9-4-3-8-17(18)20)15-22(28)25-12-5-7-16(13-25)19-10-11-23-24-19/h3-4,8-11,14,16H,2,5-7,12-13,15H2,1H3,(H,23,24)/t16-/m0/s1. The molecule has 1 aliphatic heterocycles. The number of fused-ring (bicyclic) bond motifs is 1. The number of nitrogens with one attached hydrogen (secondary N) is 1. The number of benzene rings is 1. The van der Waals surface area contributed by atoms with Crippen molar-refractivity contribution in [3.63, 3.8) is 0 Å². The van der Waals surface area contributed by atoms with Gasteiger partial charge in [0.25, 0.3) is 0 Å². The summed E-state index contributed by atoms with van der Waals surface area (Å²) >= 11 is 0. The number of hydrogen-bond donors (Lipinski definition) is 1. The SMILES string of the molecule is CCCC(=O)c1cn(CC(=O)N2CCC[C@H](c3ccn[nH]3)C2)c2ccccc12. The van der Waals surface area contributed by atoms with Crippen LogP contribution in [0.4, 0.5) is 0 Å². The molecule has 2 aromatic heterocycles. The maximum atomic E-state index is 13.0. The van der Waals surface area contributed by atoms with E-state index in [2.05, 4.69) is 10.2 Å². The molecule has 0 radical (unpaired) electrons. The minimum atomic E-state index is 0.0967. The van der Waals surface area contributed by atoms with Crippen molar-refractivity contribution in [1.82, 2.24) is 19.7 Å². The van der Waals surface area contributed by atoms with Crippen molar-refractivity contribution >= 4 is 22.6 Å². The van der Waals surface area contributed by atoms with Gasteiger partial charge in [-0.25, -0.2) is 0 Å². The van der Waals surface area contributed by atoms with E-state index in [0.717, 1.165) is 48.0 Å². The zero-order valence-electron chi connectivity index (χ0n) is 16.2. The Kier molecular flexibility index (Phi) is 5.28. The molecule has 0 saturated carbocycles. The van der Waals surface area contributed by atoms with Crippen molar-refractivity contribution in [3.05, 3.63) is 54.0 Å². The van der Waals surface area contributed by atoms with Gasteiger partial charge in [0, 0.05) is 60.0 Å². The van der Waals surface area contributed by atoms with E-state index in [-0.39, 0.29) is 18.2 Å². The predicted molar refractivity (Wildman–Crippen MR) is 108 cm³/mol. The molecule has 1 atom stereocenters. The van der Waals surface area contributed by atoms with Crippen LogP contribution in [0.1, 0.15) is 54.6 Å². The molecular formula is C22H26N4O2. The molecule has 0 unspecified atom stereocenters. The van der Waals surface area contributed by atoms with Crippen LogP contribution < -0.4 is 0 Å². The highest BCUT2D eigenvalue weighted by Gasteiger charge is 2.26. The van der Waals surface area contributed by atoms with Crippen LogP contribution in [-0.2, 0) is 11.3 Å². The highest BCUT2D eigenvalue weighted by Crippen LogP contribution is 2.27. The fraction of sp³-hybridized carbons (Fsp3) is 0.409. The number of likely N-dealkylation sites (tertiary alicyclic amines) is 1. The number of rotatable bonds is 6. The van der Waals surface area contributed by atoms with Crippen LogP contribution in [-0.4, -0.2) is 44.4 Å². The summed E-state index contributed by atoms with van der Waals surface area (Å²) in [6, 6.07) is 9.83. The number of piperidine rings is 1. The molecule has 6 nitrogen and oxygen atoms in total. The summed E-state index contributed by atoms with van der Waals surface area (Å²) in [5, 5.41) is 8.01. The second-order valence-electron chi connectivity index (χ2n) is 7.55. The van der Waals surface area contributed by atoms with Gasteiger partial charge in [-0.1, -0.05) is 25.1 Å². The third-order valence-electron chi connectivity index (χ3n) is 5.61. The van der Waals surface area contributed by atoms with Gasteiger partial charge < -0.3 is 9.47 Å². The maximum Gasteiger partial charge on any atom is 0.242 e. The smallest absolute Gasteiger partial charge is 0.242 e. The van der Waals surface area contributed by atoms with Crippen molar-refractivity contribution < 1.29 is 9.59 Å². The molecule has 6 heteroatoms. The second-order valence-corrected chi connectivity index (χ2v) is 7.55. The first-order valence-electron chi connectivity index (χ1n) is 10.1. The first kappa shape index (κ1) is 18.5. The number of H-pyrrole nitrogens is 1. The molecule has 1 N–H and O–H groups in total. The van der Waals surface area contributed by atoms with Crippen molar-refractivity contribution in [2.24, 2.45) is 0 Å². The Balaban J connectivity index is 1.54. The molecule has 1 aromatic carbocycles. The summed E-state index contributed by atoms with van der Waals surface area (Å²) in [6.45, 7) is 3.76. The topological polar surface area (TPSA) is 71.0 Å². The first-order valence-corrected chi connectivity index (χ1v) is 10.1. The average Bonchev–Trinajstić information content (AvgIpc) is 3.37. The number of carbonyl (C=O) groups is 2. The first-order chi connectivity index (χ1) is 13.7. The molecule has 1 aliphatic rings. The quantitative estimate of drug-likeness (QED) is 0.664. The van der Waals surface area contributed by atoms with E-state index in [1.54, 1.807) is 6.20 Å². The van der Waals surface area contributed by atoms with Gasteiger partial charge in [0.2, 0.25) is 5.91 Å². The van der Waals surface area contributed by atoms with E-state index in [9.17, 15) is 9.59 Å². The van der Waals surface area contributed by atoms with Crippen LogP contribution in [0.5, 0.6) is 0 Å². The Morgan fingerprint density at radius 2 is 2.11 bits per heavy atom. The molecule has 0 spiro atoms. The summed E-state index contributed by atoms with van der Waals surface area (Å²) in [4.78, 5) is 27.5. The molecule has 28 heavy (non-hydrogen) atoms. The average molecular weight is 378 g/mol. The van der Waals surface area contributed by atoms with Crippen LogP contribution >= 0.6 is 0 Å². The third kappa shape index (κ3) is 3.59. The van der Waals surface area contributed by atoms with Gasteiger partial charge in [0.1, 0.15) is 6.54 Å². The lowest BCUT2D eigenvalue weighted by atomic mass is 9.95. The second kappa shape index (κ2) is 8.00. The number of aromatic nitrogens is 3. The fourth-order valence-corrected chi connectivity index (χ4v) is 4.16. The van der Waals surface area contributed by atoms with Gasteiger partial charge in [0.15, 0.2) is 5.78 Å². The van der Waals surface area contributed by atoms with Gasteiger partial charge in [-0.3, -0.25) is 14.7 Å². The van der Waals surface area contributed by atoms with E-state index >= 15 is 0 Å². The Labute approximate surface area is 164 Å². The number of ketones is 1. The lowest BCUT2D eigenvalue weighted by Crippen LogP contribution is -2.40. The van der Waals surface area contributed by atoms with E-state index in [4.69, 9.17) is 0 Å². The fourth-order valence-electron chi connectivity index (χ4n) is 4.16.